The second-order valence-electron chi connectivity index (χ2n) is 6.38. The van der Waals surface area contributed by atoms with Crippen LogP contribution in [0.5, 0.6) is 0 Å². The van der Waals surface area contributed by atoms with Crippen molar-refractivity contribution in [1.29, 1.82) is 0 Å². The number of anilines is 1. The Morgan fingerprint density at radius 1 is 0.897 bits per heavy atom. The van der Waals surface area contributed by atoms with Crippen molar-refractivity contribution in [2.45, 2.75) is 0 Å². The normalized spacial score (nSPS) is 10.5. The second kappa shape index (κ2) is 7.82. The van der Waals surface area contributed by atoms with Crippen LogP contribution < -0.4 is 11.1 Å². The molecule has 0 bridgehead atoms. The Balaban J connectivity index is 1.80. The molecular weight excluding hydrogens is 366 g/mol. The minimum atomic E-state index is -0.465. The number of carbonyl (C=O) groups excluding carboxylic acids is 2. The Hall–Kier alpha value is -4.19. The summed E-state index contributed by atoms with van der Waals surface area (Å²) in [6.45, 7) is 0. The van der Waals surface area contributed by atoms with E-state index in [1.165, 1.54) is 0 Å². The molecule has 0 radical (unpaired) electrons. The van der Waals surface area contributed by atoms with Gasteiger partial charge in [-0.05, 0) is 59.7 Å². The molecule has 4 aromatic rings. The van der Waals surface area contributed by atoms with E-state index in [-0.39, 0.29) is 0 Å². The van der Waals surface area contributed by atoms with Gasteiger partial charge in [0.1, 0.15) is 5.69 Å². The Morgan fingerprint density at radius 3 is 2.21 bits per heavy atom. The van der Waals surface area contributed by atoms with E-state index < -0.39 is 5.91 Å². The summed E-state index contributed by atoms with van der Waals surface area (Å²) in [5.74, 6) is 0.188. The first-order valence-corrected chi connectivity index (χ1v) is 8.91. The largest absolute Gasteiger partial charge is 0.463 e. The van der Waals surface area contributed by atoms with Gasteiger partial charge in [0.2, 0.25) is 12.3 Å². The molecule has 6 heteroatoms. The average molecular weight is 383 g/mol. The first-order chi connectivity index (χ1) is 14.1. The molecule has 0 spiro atoms. The summed E-state index contributed by atoms with van der Waals surface area (Å²) >= 11 is 0. The molecule has 142 valence electrons. The number of nitrogens with zero attached hydrogens (tertiary/aromatic N) is 1. The fourth-order valence-electron chi connectivity index (χ4n) is 3.03. The van der Waals surface area contributed by atoms with Crippen LogP contribution in [0.2, 0.25) is 0 Å². The molecule has 2 heterocycles. The zero-order valence-corrected chi connectivity index (χ0v) is 15.3. The van der Waals surface area contributed by atoms with Gasteiger partial charge in [0.05, 0.1) is 12.0 Å². The van der Waals surface area contributed by atoms with Crippen molar-refractivity contribution in [3.8, 4) is 33.8 Å². The summed E-state index contributed by atoms with van der Waals surface area (Å²) in [7, 11) is 0. The maximum Gasteiger partial charge on any atom is 0.248 e. The predicted molar refractivity (Wildman–Crippen MR) is 111 cm³/mol. The monoisotopic (exact) mass is 383 g/mol. The van der Waals surface area contributed by atoms with Crippen LogP contribution in [0, 0.1) is 0 Å². The number of nitrogens with two attached hydrogens (primary N) is 1. The molecule has 29 heavy (non-hydrogen) atoms. The van der Waals surface area contributed by atoms with Gasteiger partial charge in [-0.25, -0.2) is 4.98 Å². The van der Waals surface area contributed by atoms with Crippen molar-refractivity contribution in [2.24, 2.45) is 5.73 Å². The molecule has 0 atom stereocenters. The van der Waals surface area contributed by atoms with Crippen LogP contribution >= 0.6 is 0 Å². The molecule has 0 fully saturated rings. The van der Waals surface area contributed by atoms with Gasteiger partial charge < -0.3 is 15.5 Å². The molecule has 6 nitrogen and oxygen atoms in total. The van der Waals surface area contributed by atoms with Gasteiger partial charge in [-0.2, -0.15) is 0 Å². The number of pyridine rings is 1. The zero-order valence-electron chi connectivity index (χ0n) is 15.3. The molecule has 0 saturated heterocycles. The molecular formula is C23H17N3O3. The zero-order chi connectivity index (χ0) is 20.2. The van der Waals surface area contributed by atoms with Crippen LogP contribution in [0.4, 0.5) is 5.69 Å². The Bertz CT molecular complexity index is 1150. The highest BCUT2D eigenvalue weighted by atomic mass is 16.3. The van der Waals surface area contributed by atoms with E-state index in [2.05, 4.69) is 5.32 Å². The summed E-state index contributed by atoms with van der Waals surface area (Å²) in [6.07, 6.45) is 2.24. The first kappa shape index (κ1) is 18.2. The van der Waals surface area contributed by atoms with Gasteiger partial charge in [-0.15, -0.1) is 0 Å². The highest BCUT2D eigenvalue weighted by molar-refractivity contribution is 5.93. The number of benzene rings is 2. The van der Waals surface area contributed by atoms with E-state index >= 15 is 0 Å². The van der Waals surface area contributed by atoms with Crippen LogP contribution in [0.3, 0.4) is 0 Å². The number of nitrogens with one attached hydrogen (secondary N) is 1. The lowest BCUT2D eigenvalue weighted by Crippen LogP contribution is -2.10. The minimum Gasteiger partial charge on any atom is -0.463 e. The lowest BCUT2D eigenvalue weighted by atomic mass is 10.0. The SMILES string of the molecule is NC(=O)c1ccc(-c2cc(-c3ccc(NC=O)cc3)nc(-c3ccco3)c2)cc1. The number of hydrogen-bond donors (Lipinski definition) is 2. The van der Waals surface area contributed by atoms with Crippen molar-refractivity contribution in [3.63, 3.8) is 0 Å². The number of carbonyl (C=O) groups is 2. The molecule has 2 aromatic carbocycles. The number of aromatic nitrogens is 1. The first-order valence-electron chi connectivity index (χ1n) is 8.91. The van der Waals surface area contributed by atoms with Gasteiger partial charge in [0, 0.05) is 16.8 Å². The number of rotatable bonds is 6. The molecule has 0 unspecified atom stereocenters. The maximum absolute atomic E-state index is 11.3. The summed E-state index contributed by atoms with van der Waals surface area (Å²) in [5.41, 5.74) is 10.7. The molecule has 4 rings (SSSR count). The maximum atomic E-state index is 11.3. The van der Waals surface area contributed by atoms with Gasteiger partial charge >= 0.3 is 0 Å². The van der Waals surface area contributed by atoms with E-state index in [0.29, 0.717) is 29.1 Å². The summed E-state index contributed by atoms with van der Waals surface area (Å²) in [4.78, 5) is 26.7. The second-order valence-corrected chi connectivity index (χ2v) is 6.38. The lowest BCUT2D eigenvalue weighted by Gasteiger charge is -2.10. The van der Waals surface area contributed by atoms with Crippen LogP contribution in [-0.2, 0) is 4.79 Å². The van der Waals surface area contributed by atoms with Crippen molar-refractivity contribution in [1.82, 2.24) is 4.98 Å². The number of furan rings is 1. The predicted octanol–water partition coefficient (Wildman–Crippen LogP) is 4.34. The topological polar surface area (TPSA) is 98.2 Å². The van der Waals surface area contributed by atoms with Crippen LogP contribution in [-0.4, -0.2) is 17.3 Å². The third-order valence-corrected chi connectivity index (χ3v) is 4.51. The Labute approximate surface area is 167 Å². The van der Waals surface area contributed by atoms with Crippen molar-refractivity contribution in [2.75, 3.05) is 5.32 Å². The summed E-state index contributed by atoms with van der Waals surface area (Å²) < 4.78 is 5.53. The van der Waals surface area contributed by atoms with Gasteiger partial charge in [0.15, 0.2) is 5.76 Å². The van der Waals surface area contributed by atoms with Crippen molar-refractivity contribution in [3.05, 3.63) is 84.6 Å². The van der Waals surface area contributed by atoms with Gasteiger partial charge in [-0.1, -0.05) is 24.3 Å². The van der Waals surface area contributed by atoms with Crippen molar-refractivity contribution >= 4 is 18.0 Å². The fraction of sp³-hybridized carbons (Fsp3) is 0. The molecule has 0 aliphatic heterocycles. The van der Waals surface area contributed by atoms with Crippen LogP contribution in [0.25, 0.3) is 33.8 Å². The van der Waals surface area contributed by atoms with Crippen molar-refractivity contribution < 1.29 is 14.0 Å². The van der Waals surface area contributed by atoms with E-state index in [9.17, 15) is 9.59 Å². The molecule has 0 saturated carbocycles. The molecule has 3 N–H and O–H groups in total. The molecule has 2 aromatic heterocycles. The number of hydrogen-bond acceptors (Lipinski definition) is 4. The number of primary amides is 1. The minimum absolute atomic E-state index is 0.451. The summed E-state index contributed by atoms with van der Waals surface area (Å²) in [6, 6.07) is 22.1. The third kappa shape index (κ3) is 3.91. The van der Waals surface area contributed by atoms with Crippen LogP contribution in [0.1, 0.15) is 10.4 Å². The lowest BCUT2D eigenvalue weighted by molar-refractivity contribution is -0.105. The third-order valence-electron chi connectivity index (χ3n) is 4.51. The standard InChI is InChI=1S/C23H17N3O3/c24-23(28)17-5-3-15(4-6-17)18-12-20(16-7-9-19(10-8-16)25-14-27)26-21(13-18)22-2-1-11-29-22/h1-14H,(H2,24,28)(H,25,27). The molecule has 2 amide bonds. The van der Waals surface area contributed by atoms with E-state index in [1.807, 2.05) is 60.7 Å². The Kier molecular flexibility index (Phi) is 4.90. The average Bonchev–Trinajstić information content (AvgIpc) is 3.29. The molecule has 0 aliphatic rings. The Morgan fingerprint density at radius 2 is 1.59 bits per heavy atom. The fourth-order valence-corrected chi connectivity index (χ4v) is 3.03. The van der Waals surface area contributed by atoms with E-state index in [4.69, 9.17) is 15.1 Å². The van der Waals surface area contributed by atoms with Gasteiger partial charge in [0.25, 0.3) is 0 Å². The smallest absolute Gasteiger partial charge is 0.248 e. The highest BCUT2D eigenvalue weighted by Gasteiger charge is 2.11. The summed E-state index contributed by atoms with van der Waals surface area (Å²) in [5, 5.41) is 2.62. The highest BCUT2D eigenvalue weighted by Crippen LogP contribution is 2.31. The van der Waals surface area contributed by atoms with Gasteiger partial charge in [-0.3, -0.25) is 9.59 Å². The molecule has 0 aliphatic carbocycles. The van der Waals surface area contributed by atoms with E-state index in [0.717, 1.165) is 22.4 Å². The quantitative estimate of drug-likeness (QED) is 0.484. The van der Waals surface area contributed by atoms with Crippen LogP contribution in [0.15, 0.2) is 83.5 Å². The number of amides is 2. The van der Waals surface area contributed by atoms with E-state index in [1.54, 1.807) is 18.4 Å².